The van der Waals surface area contributed by atoms with Crippen LogP contribution in [0.15, 0.2) is 17.0 Å². The molecule has 0 aliphatic heterocycles. The summed E-state index contributed by atoms with van der Waals surface area (Å²) >= 11 is 11.5. The Hall–Kier alpha value is -0.490. The second-order valence-electron chi connectivity index (χ2n) is 3.70. The van der Waals surface area contributed by atoms with Crippen molar-refractivity contribution in [3.63, 3.8) is 0 Å². The Morgan fingerprint density at radius 1 is 1.32 bits per heavy atom. The molecule has 0 saturated heterocycles. The van der Waals surface area contributed by atoms with Gasteiger partial charge in [0.15, 0.2) is 0 Å². The molecule has 1 aromatic carbocycles. The van der Waals surface area contributed by atoms with Crippen LogP contribution in [0.4, 0.5) is 0 Å². The first-order valence-corrected chi connectivity index (χ1v) is 8.44. The van der Waals surface area contributed by atoms with Crippen molar-refractivity contribution < 1.29 is 17.9 Å². The van der Waals surface area contributed by atoms with Gasteiger partial charge in [0, 0.05) is 10.7 Å². The van der Waals surface area contributed by atoms with E-state index in [0.29, 0.717) is 6.42 Å². The van der Waals surface area contributed by atoms with Gasteiger partial charge in [-0.15, -0.1) is 0 Å². The van der Waals surface area contributed by atoms with Crippen LogP contribution in [0.25, 0.3) is 0 Å². The van der Waals surface area contributed by atoms with Crippen molar-refractivity contribution in [2.75, 3.05) is 6.61 Å². The first-order valence-electron chi connectivity index (χ1n) is 5.38. The summed E-state index contributed by atoms with van der Waals surface area (Å²) in [6.07, 6.45) is 1.59. The summed E-state index contributed by atoms with van der Waals surface area (Å²) < 4.78 is 27.6. The Balaban J connectivity index is 3.11. The summed E-state index contributed by atoms with van der Waals surface area (Å²) in [6.45, 7) is 2.20. The van der Waals surface area contributed by atoms with E-state index in [2.05, 4.69) is 0 Å². The van der Waals surface area contributed by atoms with Gasteiger partial charge in [0.2, 0.25) is 0 Å². The first-order chi connectivity index (χ1) is 8.77. The predicted octanol–water partition coefficient (Wildman–Crippen LogP) is 3.88. The third kappa shape index (κ3) is 4.53. The van der Waals surface area contributed by atoms with Crippen LogP contribution in [-0.2, 0) is 13.8 Å². The van der Waals surface area contributed by atoms with Gasteiger partial charge in [-0.3, -0.25) is 0 Å². The Bertz CT molecular complexity index is 584. The van der Waals surface area contributed by atoms with E-state index >= 15 is 0 Å². The van der Waals surface area contributed by atoms with Crippen LogP contribution in [0.1, 0.15) is 30.1 Å². The van der Waals surface area contributed by atoms with E-state index in [-0.39, 0.29) is 22.2 Å². The maximum absolute atomic E-state index is 11.7. The Morgan fingerprint density at radius 3 is 2.47 bits per heavy atom. The van der Waals surface area contributed by atoms with Crippen molar-refractivity contribution >= 4 is 48.9 Å². The van der Waals surface area contributed by atoms with Crippen molar-refractivity contribution in [1.29, 1.82) is 0 Å². The molecular formula is C11H11Cl3O4S. The molecule has 0 saturated carbocycles. The van der Waals surface area contributed by atoms with Crippen LogP contribution >= 0.6 is 33.9 Å². The van der Waals surface area contributed by atoms with Crippen LogP contribution in [0.5, 0.6) is 0 Å². The lowest BCUT2D eigenvalue weighted by atomic mass is 10.2. The highest BCUT2D eigenvalue weighted by Gasteiger charge is 2.21. The molecule has 19 heavy (non-hydrogen) atoms. The number of esters is 1. The van der Waals surface area contributed by atoms with Gasteiger partial charge in [-0.1, -0.05) is 36.5 Å². The van der Waals surface area contributed by atoms with Crippen LogP contribution in [0.3, 0.4) is 0 Å². The summed E-state index contributed by atoms with van der Waals surface area (Å²) in [7, 11) is 1.13. The fraction of sp³-hybridized carbons (Fsp3) is 0.364. The average Bonchev–Trinajstić information content (AvgIpc) is 2.31. The van der Waals surface area contributed by atoms with Gasteiger partial charge in [-0.25, -0.2) is 13.2 Å². The topological polar surface area (TPSA) is 60.4 Å². The number of halogens is 3. The van der Waals surface area contributed by atoms with E-state index in [0.717, 1.165) is 12.5 Å². The molecule has 0 bridgehead atoms. The Kier molecular flexibility index (Phi) is 5.92. The Labute approximate surface area is 126 Å². The SMILES string of the molecule is CCCCOC(=O)c1cc(Cl)c(Cl)c(S(=O)(=O)Cl)c1. The summed E-state index contributed by atoms with van der Waals surface area (Å²) in [5.74, 6) is -0.673. The highest BCUT2D eigenvalue weighted by molar-refractivity contribution is 8.13. The molecule has 0 unspecified atom stereocenters. The average molecular weight is 346 g/mol. The molecule has 0 atom stereocenters. The van der Waals surface area contributed by atoms with Crippen LogP contribution < -0.4 is 0 Å². The molecular weight excluding hydrogens is 335 g/mol. The number of rotatable bonds is 5. The van der Waals surface area contributed by atoms with Gasteiger partial charge in [0.25, 0.3) is 9.05 Å². The molecule has 0 amide bonds. The van der Waals surface area contributed by atoms with Gasteiger partial charge < -0.3 is 4.74 Å². The minimum Gasteiger partial charge on any atom is -0.462 e. The van der Waals surface area contributed by atoms with Crippen LogP contribution in [-0.4, -0.2) is 21.0 Å². The second-order valence-corrected chi connectivity index (χ2v) is 7.02. The minimum absolute atomic E-state index is 0.00951. The van der Waals surface area contributed by atoms with Crippen molar-refractivity contribution in [3.8, 4) is 0 Å². The molecule has 0 N–H and O–H groups in total. The number of unbranched alkanes of at least 4 members (excludes halogenated alkanes) is 1. The van der Waals surface area contributed by atoms with Crippen molar-refractivity contribution in [1.82, 2.24) is 0 Å². The van der Waals surface area contributed by atoms with Gasteiger partial charge in [0.05, 0.1) is 22.2 Å². The second kappa shape index (κ2) is 6.79. The summed E-state index contributed by atoms with van der Waals surface area (Å²) in [4.78, 5) is 11.3. The van der Waals surface area contributed by atoms with Crippen molar-refractivity contribution in [2.24, 2.45) is 0 Å². The number of carbonyl (C=O) groups excluding carboxylic acids is 1. The summed E-state index contributed by atoms with van der Waals surface area (Å²) in [6, 6.07) is 2.29. The van der Waals surface area contributed by atoms with E-state index in [1.165, 1.54) is 6.07 Å². The number of ether oxygens (including phenoxy) is 1. The van der Waals surface area contributed by atoms with Gasteiger partial charge in [-0.2, -0.15) is 0 Å². The highest BCUT2D eigenvalue weighted by atomic mass is 35.7. The monoisotopic (exact) mass is 344 g/mol. The van der Waals surface area contributed by atoms with Crippen LogP contribution in [0, 0.1) is 0 Å². The maximum Gasteiger partial charge on any atom is 0.338 e. The van der Waals surface area contributed by atoms with Crippen molar-refractivity contribution in [2.45, 2.75) is 24.7 Å². The zero-order valence-electron chi connectivity index (χ0n) is 9.95. The molecule has 0 fully saturated rings. The molecule has 0 aromatic heterocycles. The molecule has 0 spiro atoms. The normalized spacial score (nSPS) is 11.4. The number of carbonyl (C=O) groups is 1. The molecule has 1 rings (SSSR count). The standard InChI is InChI=1S/C11H11Cl3O4S/c1-2-3-4-18-11(15)7-5-8(12)10(13)9(6-7)19(14,16)17/h5-6H,2-4H2,1H3. The Morgan fingerprint density at radius 2 is 1.95 bits per heavy atom. The highest BCUT2D eigenvalue weighted by Crippen LogP contribution is 2.32. The smallest absolute Gasteiger partial charge is 0.338 e. The van der Waals surface area contributed by atoms with E-state index < -0.39 is 19.9 Å². The minimum atomic E-state index is -4.09. The van der Waals surface area contributed by atoms with E-state index in [1.54, 1.807) is 0 Å². The summed E-state index contributed by atoms with van der Waals surface area (Å²) in [5.41, 5.74) is -0.00951. The van der Waals surface area contributed by atoms with E-state index in [4.69, 9.17) is 38.6 Å². The third-order valence-corrected chi connectivity index (χ3v) is 4.48. The first kappa shape index (κ1) is 16.6. The molecule has 0 radical (unpaired) electrons. The van der Waals surface area contributed by atoms with E-state index in [1.807, 2.05) is 6.92 Å². The van der Waals surface area contributed by atoms with Crippen LogP contribution in [0.2, 0.25) is 10.0 Å². The zero-order chi connectivity index (χ0) is 14.6. The zero-order valence-corrected chi connectivity index (χ0v) is 13.0. The predicted molar refractivity (Wildman–Crippen MR) is 74.7 cm³/mol. The molecule has 106 valence electrons. The quantitative estimate of drug-likeness (QED) is 0.461. The number of benzene rings is 1. The molecule has 0 heterocycles. The molecule has 4 nitrogen and oxygen atoms in total. The fourth-order valence-corrected chi connectivity index (χ4v) is 3.02. The van der Waals surface area contributed by atoms with Gasteiger partial charge in [-0.05, 0) is 18.6 Å². The molecule has 0 aliphatic rings. The fourth-order valence-electron chi connectivity index (χ4n) is 1.25. The van der Waals surface area contributed by atoms with E-state index in [9.17, 15) is 13.2 Å². The van der Waals surface area contributed by atoms with Crippen molar-refractivity contribution in [3.05, 3.63) is 27.7 Å². The molecule has 0 aliphatic carbocycles. The molecule has 8 heteroatoms. The third-order valence-electron chi connectivity index (χ3n) is 2.22. The number of hydrogen-bond donors (Lipinski definition) is 0. The van der Waals surface area contributed by atoms with Gasteiger partial charge in [0.1, 0.15) is 4.90 Å². The largest absolute Gasteiger partial charge is 0.462 e. The maximum atomic E-state index is 11.7. The lowest BCUT2D eigenvalue weighted by Crippen LogP contribution is -2.07. The van der Waals surface area contributed by atoms with Gasteiger partial charge >= 0.3 is 5.97 Å². The number of hydrogen-bond acceptors (Lipinski definition) is 4. The summed E-state index contributed by atoms with van der Waals surface area (Å²) in [5, 5.41) is -0.299. The lowest BCUT2D eigenvalue weighted by Gasteiger charge is -2.07. The lowest BCUT2D eigenvalue weighted by molar-refractivity contribution is 0.0499. The molecule has 1 aromatic rings.